The van der Waals surface area contributed by atoms with Crippen molar-refractivity contribution in [3.8, 4) is 23.0 Å². The predicted molar refractivity (Wildman–Crippen MR) is 131 cm³/mol. The Balaban J connectivity index is 1.45. The fraction of sp³-hybridized carbons (Fsp3) is 0.267. The number of allylic oxidation sites excluding steroid dienone is 1. The van der Waals surface area contributed by atoms with E-state index in [-0.39, 0.29) is 5.56 Å². The molecule has 0 aromatic heterocycles. The predicted octanol–water partition coefficient (Wildman–Crippen LogP) is 9.01. The molecule has 0 unspecified atom stereocenters. The molecule has 0 radical (unpaired) electrons. The number of halogens is 3. The maximum atomic E-state index is 14.5. The first-order valence-electron chi connectivity index (χ1n) is 11.5. The van der Waals surface area contributed by atoms with Gasteiger partial charge in [-0.25, -0.2) is 4.39 Å². The van der Waals surface area contributed by atoms with E-state index < -0.39 is 11.9 Å². The normalized spacial score (nSPS) is 17.8. The van der Waals surface area contributed by atoms with E-state index in [4.69, 9.17) is 0 Å². The number of benzene rings is 3. The summed E-state index contributed by atoms with van der Waals surface area (Å²) in [5.41, 5.74) is 2.83. The number of hydrogen-bond donors (Lipinski definition) is 0. The second-order valence-electron chi connectivity index (χ2n) is 8.77. The minimum atomic E-state index is -1.91. The number of rotatable bonds is 5. The monoisotopic (exact) mass is 444 g/mol. The highest BCUT2D eigenvalue weighted by Gasteiger charge is 2.19. The van der Waals surface area contributed by atoms with Gasteiger partial charge in [-0.2, -0.15) is 8.78 Å². The van der Waals surface area contributed by atoms with Gasteiger partial charge in [0.05, 0.1) is 0 Å². The molecule has 0 spiro atoms. The third kappa shape index (κ3) is 5.76. The van der Waals surface area contributed by atoms with Gasteiger partial charge in [-0.15, -0.1) is 6.58 Å². The van der Waals surface area contributed by atoms with Crippen molar-refractivity contribution in [1.29, 1.82) is 0 Å². The number of fused-ring (bicyclic) bond motifs is 1. The van der Waals surface area contributed by atoms with Crippen LogP contribution in [0, 0.1) is 29.5 Å². The van der Waals surface area contributed by atoms with Crippen LogP contribution in [0.1, 0.15) is 49.7 Å². The Kier molecular flexibility index (Phi) is 7.35. The Hall–Kier alpha value is -3.25. The average Bonchev–Trinajstić information content (AvgIpc) is 2.84. The van der Waals surface area contributed by atoms with Gasteiger partial charge in [-0.3, -0.25) is 0 Å². The second-order valence-corrected chi connectivity index (χ2v) is 8.77. The lowest BCUT2D eigenvalue weighted by atomic mass is 9.80. The molecular formula is C30H27F3. The van der Waals surface area contributed by atoms with Crippen LogP contribution in [-0.2, 0) is 0 Å². The summed E-state index contributed by atoms with van der Waals surface area (Å²) in [4.78, 5) is 0. The van der Waals surface area contributed by atoms with Gasteiger partial charge in [0.15, 0.2) is 0 Å². The first kappa shape index (κ1) is 22.9. The Morgan fingerprint density at radius 3 is 2.36 bits per heavy atom. The lowest BCUT2D eigenvalue weighted by Crippen LogP contribution is -2.13. The summed E-state index contributed by atoms with van der Waals surface area (Å²) in [6.45, 7) is 3.81. The largest absolute Gasteiger partial charge is 0.271 e. The smallest absolute Gasteiger partial charge is 0.206 e. The summed E-state index contributed by atoms with van der Waals surface area (Å²) < 4.78 is 39.6. The summed E-state index contributed by atoms with van der Waals surface area (Å²) >= 11 is 0. The zero-order valence-corrected chi connectivity index (χ0v) is 18.6. The van der Waals surface area contributed by atoms with Crippen LogP contribution >= 0.6 is 0 Å². The maximum Gasteiger partial charge on any atom is 0.271 e. The molecular weight excluding hydrogens is 417 g/mol. The minimum absolute atomic E-state index is 0.108. The van der Waals surface area contributed by atoms with Crippen molar-refractivity contribution in [3.05, 3.63) is 90.3 Å². The molecule has 0 N–H and O–H groups in total. The van der Waals surface area contributed by atoms with Crippen molar-refractivity contribution in [2.24, 2.45) is 11.8 Å². The van der Waals surface area contributed by atoms with Gasteiger partial charge < -0.3 is 0 Å². The van der Waals surface area contributed by atoms with Crippen molar-refractivity contribution < 1.29 is 13.2 Å². The highest BCUT2D eigenvalue weighted by Crippen LogP contribution is 2.32. The van der Waals surface area contributed by atoms with E-state index in [0.717, 1.165) is 29.0 Å². The molecule has 0 heterocycles. The Morgan fingerprint density at radius 1 is 0.939 bits per heavy atom. The lowest BCUT2D eigenvalue weighted by Gasteiger charge is -2.25. The molecule has 1 fully saturated rings. The fourth-order valence-electron chi connectivity index (χ4n) is 4.60. The van der Waals surface area contributed by atoms with Gasteiger partial charge in [0.25, 0.3) is 6.08 Å². The highest BCUT2D eigenvalue weighted by molar-refractivity contribution is 5.89. The molecule has 3 aromatic carbocycles. The Morgan fingerprint density at radius 2 is 1.67 bits per heavy atom. The summed E-state index contributed by atoms with van der Waals surface area (Å²) in [6, 6.07) is 16.5. The van der Waals surface area contributed by atoms with Crippen LogP contribution in [0.2, 0.25) is 0 Å². The zero-order valence-electron chi connectivity index (χ0n) is 18.6. The molecule has 4 rings (SSSR count). The van der Waals surface area contributed by atoms with Crippen molar-refractivity contribution >= 4 is 16.8 Å². The molecule has 0 bridgehead atoms. The summed E-state index contributed by atoms with van der Waals surface area (Å²) in [5, 5.41) is 1.00. The summed E-state index contributed by atoms with van der Waals surface area (Å²) in [7, 11) is 0. The Bertz CT molecular complexity index is 1210. The third-order valence-corrected chi connectivity index (χ3v) is 6.51. The molecule has 3 aromatic rings. The van der Waals surface area contributed by atoms with Crippen LogP contribution < -0.4 is 0 Å². The van der Waals surface area contributed by atoms with E-state index in [1.165, 1.54) is 38.2 Å². The van der Waals surface area contributed by atoms with Crippen LogP contribution in [0.25, 0.3) is 28.0 Å². The van der Waals surface area contributed by atoms with Gasteiger partial charge in [-0.05, 0) is 79.2 Å². The van der Waals surface area contributed by atoms with Crippen molar-refractivity contribution in [3.63, 3.8) is 0 Å². The van der Waals surface area contributed by atoms with E-state index in [9.17, 15) is 13.2 Å². The minimum Gasteiger partial charge on any atom is -0.206 e. The van der Waals surface area contributed by atoms with E-state index in [1.54, 1.807) is 12.1 Å². The molecule has 168 valence electrons. The number of hydrogen-bond acceptors (Lipinski definition) is 0. The first-order valence-corrected chi connectivity index (χ1v) is 11.5. The van der Waals surface area contributed by atoms with Crippen LogP contribution in [0.5, 0.6) is 0 Å². The maximum absolute atomic E-state index is 14.5. The molecule has 0 saturated heterocycles. The zero-order chi connectivity index (χ0) is 23.2. The lowest BCUT2D eigenvalue weighted by molar-refractivity contribution is 0.303. The van der Waals surface area contributed by atoms with E-state index in [1.807, 2.05) is 42.5 Å². The van der Waals surface area contributed by atoms with Crippen molar-refractivity contribution in [2.45, 2.75) is 38.5 Å². The van der Waals surface area contributed by atoms with Gasteiger partial charge in [-0.1, -0.05) is 54.3 Å². The molecule has 3 heteroatoms. The average molecular weight is 445 g/mol. The van der Waals surface area contributed by atoms with Crippen molar-refractivity contribution in [1.82, 2.24) is 0 Å². The molecule has 0 amide bonds. The van der Waals surface area contributed by atoms with Gasteiger partial charge in [0, 0.05) is 28.5 Å². The van der Waals surface area contributed by atoms with E-state index >= 15 is 0 Å². The summed E-state index contributed by atoms with van der Waals surface area (Å²) in [6.07, 6.45) is 7.88. The molecule has 0 atom stereocenters. The van der Waals surface area contributed by atoms with Crippen LogP contribution in [0.3, 0.4) is 0 Å². The van der Waals surface area contributed by atoms with Crippen LogP contribution in [-0.4, -0.2) is 0 Å². The summed E-state index contributed by atoms with van der Waals surface area (Å²) in [5.74, 6) is 7.45. The SMILES string of the molecule is C=CCCC1CCC(C#Cc2ccc(-c3ccc4c(F)c(C=C(F)F)ccc4c3)cc2)CC1. The second kappa shape index (κ2) is 10.6. The Labute approximate surface area is 193 Å². The van der Waals surface area contributed by atoms with Crippen molar-refractivity contribution in [2.75, 3.05) is 0 Å². The van der Waals surface area contributed by atoms with Gasteiger partial charge in [0.1, 0.15) is 5.82 Å². The van der Waals surface area contributed by atoms with E-state index in [2.05, 4.69) is 18.4 Å². The molecule has 1 saturated carbocycles. The molecule has 0 nitrogen and oxygen atoms in total. The van der Waals surface area contributed by atoms with Gasteiger partial charge >= 0.3 is 0 Å². The molecule has 33 heavy (non-hydrogen) atoms. The first-order chi connectivity index (χ1) is 16.0. The third-order valence-electron chi connectivity index (χ3n) is 6.51. The fourth-order valence-corrected chi connectivity index (χ4v) is 4.60. The molecule has 1 aliphatic rings. The quantitative estimate of drug-likeness (QED) is 0.272. The van der Waals surface area contributed by atoms with Crippen LogP contribution in [0.4, 0.5) is 13.2 Å². The van der Waals surface area contributed by atoms with Crippen LogP contribution in [0.15, 0.2) is 73.3 Å². The molecule has 0 aliphatic heterocycles. The molecule has 1 aliphatic carbocycles. The van der Waals surface area contributed by atoms with Gasteiger partial charge in [0.2, 0.25) is 0 Å². The highest BCUT2D eigenvalue weighted by atomic mass is 19.3. The standard InChI is InChI=1S/C30H27F3/c1-2-3-4-21-5-7-22(8-6-21)9-10-23-11-13-24(14-12-23)25-17-18-28-26(19-25)15-16-27(30(28)33)20-29(31)32/h2,11-22H,1,3-8H2. The topological polar surface area (TPSA) is 0 Å². The van der Waals surface area contributed by atoms with E-state index in [0.29, 0.717) is 22.8 Å².